The average molecular weight is 291 g/mol. The fourth-order valence-corrected chi connectivity index (χ4v) is 4.01. The number of hydrogen-bond donors (Lipinski definition) is 0. The normalized spacial score (nSPS) is 17.5. The molecule has 0 N–H and O–H groups in total. The zero-order valence-electron chi connectivity index (χ0n) is 10.0. The Bertz CT molecular complexity index is 324. The molecule has 1 fully saturated rings. The predicted molar refractivity (Wildman–Crippen MR) is 78.4 cm³/mol. The second-order valence-electron chi connectivity index (χ2n) is 4.28. The minimum absolute atomic E-state index is 0.544. The summed E-state index contributed by atoms with van der Waals surface area (Å²) in [7, 11) is 0. The van der Waals surface area contributed by atoms with E-state index in [0.717, 1.165) is 12.1 Å². The van der Waals surface area contributed by atoms with E-state index >= 15 is 0 Å². The summed E-state index contributed by atoms with van der Waals surface area (Å²) < 4.78 is 0. The fraction of sp³-hybridized carbons (Fsp3) is 0.750. The number of aromatic nitrogens is 1. The molecule has 2 heterocycles. The summed E-state index contributed by atoms with van der Waals surface area (Å²) in [5, 5.41) is 3.32. The summed E-state index contributed by atoms with van der Waals surface area (Å²) in [6, 6.07) is 0. The molecule has 5 heteroatoms. The van der Waals surface area contributed by atoms with Gasteiger partial charge in [0.05, 0.1) is 16.6 Å². The van der Waals surface area contributed by atoms with E-state index < -0.39 is 0 Å². The predicted octanol–water partition coefficient (Wildman–Crippen LogP) is 3.25. The van der Waals surface area contributed by atoms with E-state index in [1.54, 1.807) is 11.3 Å². The number of unbranched alkanes of at least 4 members (excludes halogenated alkanes) is 1. The standard InChI is InChI=1S/C12H19ClN2S2/c13-9-11-10-17-12(14-11)3-1-2-4-15-5-7-16-8-6-15/h10H,1-9H2. The van der Waals surface area contributed by atoms with Crippen molar-refractivity contribution in [3.63, 3.8) is 0 Å². The monoisotopic (exact) mass is 290 g/mol. The molecule has 2 nitrogen and oxygen atoms in total. The topological polar surface area (TPSA) is 16.1 Å². The molecule has 0 spiro atoms. The van der Waals surface area contributed by atoms with Crippen molar-refractivity contribution in [3.8, 4) is 0 Å². The molecule has 0 aromatic carbocycles. The lowest BCUT2D eigenvalue weighted by atomic mass is 10.2. The quantitative estimate of drug-likeness (QED) is 0.591. The van der Waals surface area contributed by atoms with Crippen LogP contribution in [0.2, 0.25) is 0 Å². The molecule has 96 valence electrons. The third-order valence-electron chi connectivity index (χ3n) is 2.95. The van der Waals surface area contributed by atoms with E-state index in [2.05, 4.69) is 27.0 Å². The molecule has 0 bridgehead atoms. The zero-order chi connectivity index (χ0) is 11.9. The molecular weight excluding hydrogens is 272 g/mol. The van der Waals surface area contributed by atoms with Crippen molar-refractivity contribution < 1.29 is 0 Å². The molecule has 1 aliphatic heterocycles. The number of hydrogen-bond acceptors (Lipinski definition) is 4. The summed E-state index contributed by atoms with van der Waals surface area (Å²) in [6.45, 7) is 3.81. The highest BCUT2D eigenvalue weighted by Gasteiger charge is 2.09. The first-order chi connectivity index (χ1) is 8.38. The van der Waals surface area contributed by atoms with Gasteiger partial charge < -0.3 is 4.90 Å². The van der Waals surface area contributed by atoms with Gasteiger partial charge in [-0.15, -0.1) is 22.9 Å². The zero-order valence-corrected chi connectivity index (χ0v) is 12.4. The van der Waals surface area contributed by atoms with E-state index in [0.29, 0.717) is 5.88 Å². The van der Waals surface area contributed by atoms with Crippen molar-refractivity contribution in [2.24, 2.45) is 0 Å². The number of thiazole rings is 1. The summed E-state index contributed by atoms with van der Waals surface area (Å²) >= 11 is 9.56. The Labute approximate surface area is 117 Å². The number of thioether (sulfide) groups is 1. The maximum Gasteiger partial charge on any atom is 0.0928 e. The number of aryl methyl sites for hydroxylation is 1. The molecule has 1 aliphatic rings. The lowest BCUT2D eigenvalue weighted by molar-refractivity contribution is 0.296. The molecule has 0 atom stereocenters. The van der Waals surface area contributed by atoms with Crippen molar-refractivity contribution in [1.82, 2.24) is 9.88 Å². The van der Waals surface area contributed by atoms with Crippen LogP contribution in [0.3, 0.4) is 0 Å². The average Bonchev–Trinajstić information content (AvgIpc) is 2.84. The van der Waals surface area contributed by atoms with Gasteiger partial charge in [0.1, 0.15) is 0 Å². The molecule has 1 saturated heterocycles. The van der Waals surface area contributed by atoms with Crippen molar-refractivity contribution in [2.75, 3.05) is 31.1 Å². The first-order valence-electron chi connectivity index (χ1n) is 6.18. The third-order valence-corrected chi connectivity index (χ3v) is 5.13. The summed E-state index contributed by atoms with van der Waals surface area (Å²) in [4.78, 5) is 7.07. The largest absolute Gasteiger partial charge is 0.302 e. The first kappa shape index (κ1) is 13.7. The van der Waals surface area contributed by atoms with Crippen LogP contribution in [0.15, 0.2) is 5.38 Å². The molecular formula is C12H19ClN2S2. The fourth-order valence-electron chi connectivity index (χ4n) is 1.96. The Morgan fingerprint density at radius 1 is 1.29 bits per heavy atom. The highest BCUT2D eigenvalue weighted by atomic mass is 35.5. The van der Waals surface area contributed by atoms with Crippen LogP contribution in [-0.2, 0) is 12.3 Å². The second kappa shape index (κ2) is 7.62. The summed E-state index contributed by atoms with van der Waals surface area (Å²) in [5.74, 6) is 3.17. The minimum atomic E-state index is 0.544. The molecule has 0 aliphatic carbocycles. The van der Waals surface area contributed by atoms with E-state index in [9.17, 15) is 0 Å². The Morgan fingerprint density at radius 2 is 2.12 bits per heavy atom. The minimum Gasteiger partial charge on any atom is -0.302 e. The Balaban J connectivity index is 1.59. The molecule has 0 radical (unpaired) electrons. The van der Waals surface area contributed by atoms with Gasteiger partial charge in [-0.3, -0.25) is 0 Å². The maximum absolute atomic E-state index is 5.74. The van der Waals surface area contributed by atoms with Crippen LogP contribution in [-0.4, -0.2) is 41.0 Å². The SMILES string of the molecule is ClCc1csc(CCCCN2CCSCC2)n1. The first-order valence-corrected chi connectivity index (χ1v) is 8.74. The van der Waals surface area contributed by atoms with Gasteiger partial charge in [0.25, 0.3) is 0 Å². The Morgan fingerprint density at radius 3 is 2.82 bits per heavy atom. The lowest BCUT2D eigenvalue weighted by Crippen LogP contribution is -2.33. The van der Waals surface area contributed by atoms with Crippen LogP contribution in [0.4, 0.5) is 0 Å². The maximum atomic E-state index is 5.74. The lowest BCUT2D eigenvalue weighted by Gasteiger charge is -2.25. The Hall–Kier alpha value is 0.230. The van der Waals surface area contributed by atoms with Crippen molar-refractivity contribution in [3.05, 3.63) is 16.1 Å². The molecule has 0 saturated carbocycles. The van der Waals surface area contributed by atoms with Crippen LogP contribution in [0.25, 0.3) is 0 Å². The van der Waals surface area contributed by atoms with Gasteiger partial charge in [0, 0.05) is 30.0 Å². The molecule has 0 unspecified atom stereocenters. The van der Waals surface area contributed by atoms with Gasteiger partial charge in [-0.2, -0.15) is 11.8 Å². The van der Waals surface area contributed by atoms with E-state index in [1.807, 2.05) is 0 Å². The van der Waals surface area contributed by atoms with E-state index in [-0.39, 0.29) is 0 Å². The van der Waals surface area contributed by atoms with Crippen molar-refractivity contribution in [1.29, 1.82) is 0 Å². The van der Waals surface area contributed by atoms with Crippen LogP contribution >= 0.6 is 34.7 Å². The third kappa shape index (κ3) is 4.78. The number of nitrogens with zero attached hydrogens (tertiary/aromatic N) is 2. The highest BCUT2D eigenvalue weighted by Crippen LogP contribution is 2.15. The van der Waals surface area contributed by atoms with Crippen LogP contribution < -0.4 is 0 Å². The summed E-state index contributed by atoms with van der Waals surface area (Å²) in [5.41, 5.74) is 1.03. The molecule has 17 heavy (non-hydrogen) atoms. The van der Waals surface area contributed by atoms with Gasteiger partial charge in [-0.25, -0.2) is 4.98 Å². The van der Waals surface area contributed by atoms with Gasteiger partial charge in [-0.1, -0.05) is 0 Å². The molecule has 1 aromatic heterocycles. The number of rotatable bonds is 6. The van der Waals surface area contributed by atoms with Crippen LogP contribution in [0.1, 0.15) is 23.5 Å². The highest BCUT2D eigenvalue weighted by molar-refractivity contribution is 7.99. The van der Waals surface area contributed by atoms with Crippen LogP contribution in [0, 0.1) is 0 Å². The van der Waals surface area contributed by atoms with Crippen LogP contribution in [0.5, 0.6) is 0 Å². The number of alkyl halides is 1. The molecule has 0 amide bonds. The summed E-state index contributed by atoms with van der Waals surface area (Å²) in [6.07, 6.45) is 3.66. The smallest absolute Gasteiger partial charge is 0.0928 e. The second-order valence-corrected chi connectivity index (χ2v) is 6.71. The van der Waals surface area contributed by atoms with Gasteiger partial charge in [0.2, 0.25) is 0 Å². The van der Waals surface area contributed by atoms with Gasteiger partial charge in [-0.05, 0) is 25.8 Å². The molecule has 2 rings (SSSR count). The van der Waals surface area contributed by atoms with E-state index in [1.165, 1.54) is 49.0 Å². The van der Waals surface area contributed by atoms with Gasteiger partial charge in [0.15, 0.2) is 0 Å². The van der Waals surface area contributed by atoms with Crippen molar-refractivity contribution >= 4 is 34.7 Å². The number of halogens is 1. The van der Waals surface area contributed by atoms with Crippen molar-refractivity contribution in [2.45, 2.75) is 25.1 Å². The molecule has 1 aromatic rings. The van der Waals surface area contributed by atoms with Gasteiger partial charge >= 0.3 is 0 Å². The Kier molecular flexibility index (Phi) is 6.12. The van der Waals surface area contributed by atoms with E-state index in [4.69, 9.17) is 11.6 Å².